The minimum atomic E-state index is -3.65. The van der Waals surface area contributed by atoms with Crippen molar-refractivity contribution in [3.8, 4) is 0 Å². The predicted molar refractivity (Wildman–Crippen MR) is 107 cm³/mol. The number of hydrogen-bond donors (Lipinski definition) is 3. The molecule has 0 spiro atoms. The Bertz CT molecular complexity index is 927. The number of anilines is 1. The van der Waals surface area contributed by atoms with Gasteiger partial charge in [-0.1, -0.05) is 25.1 Å². The number of hydrogen-bond acceptors (Lipinski definition) is 6. The number of nitrogens with two attached hydrogens (primary N) is 2. The Hall–Kier alpha value is -2.69. The molecule has 5 N–H and O–H groups in total. The third kappa shape index (κ3) is 5.26. The fourth-order valence-electron chi connectivity index (χ4n) is 2.65. The molecule has 1 aromatic carbocycles. The summed E-state index contributed by atoms with van der Waals surface area (Å²) in [6.45, 7) is 3.36. The third-order valence-corrected chi connectivity index (χ3v) is 4.50. The van der Waals surface area contributed by atoms with Crippen LogP contribution in [0.4, 0.5) is 18.9 Å². The lowest BCUT2D eigenvalue weighted by Crippen LogP contribution is -2.55. The highest BCUT2D eigenvalue weighted by molar-refractivity contribution is 6.30. The minimum absolute atomic E-state index is 0.0327. The van der Waals surface area contributed by atoms with Crippen molar-refractivity contribution in [3.63, 3.8) is 0 Å². The Morgan fingerprint density at radius 1 is 1.33 bits per heavy atom. The monoisotopic (exact) mass is 443 g/mol. The topological polar surface area (TPSA) is 116 Å². The summed E-state index contributed by atoms with van der Waals surface area (Å²) in [5, 5.41) is 2.65. The average Bonchev–Trinajstić information content (AvgIpc) is 2.68. The van der Waals surface area contributed by atoms with Crippen molar-refractivity contribution >= 4 is 23.2 Å². The highest BCUT2D eigenvalue weighted by atomic mass is 35.5. The number of alkyl halides is 2. The highest BCUT2D eigenvalue weighted by Crippen LogP contribution is 2.40. The number of rotatable bonds is 9. The van der Waals surface area contributed by atoms with Crippen molar-refractivity contribution < 1.29 is 22.7 Å². The molecule has 0 saturated heterocycles. The molecule has 1 amide bonds. The van der Waals surface area contributed by atoms with Crippen molar-refractivity contribution in [1.29, 1.82) is 0 Å². The van der Waals surface area contributed by atoms with Gasteiger partial charge >= 0.3 is 0 Å². The number of nitrogens with one attached hydrogen (secondary N) is 1. The molecule has 7 nitrogen and oxygen atoms in total. The molecule has 1 heterocycles. The van der Waals surface area contributed by atoms with Crippen LogP contribution in [0.25, 0.3) is 0 Å². The summed E-state index contributed by atoms with van der Waals surface area (Å²) in [5.74, 6) is -5.55. The average molecular weight is 444 g/mol. The van der Waals surface area contributed by atoms with Gasteiger partial charge in [-0.2, -0.15) is 0 Å². The largest absolute Gasteiger partial charge is 0.401 e. The van der Waals surface area contributed by atoms with Crippen molar-refractivity contribution in [2.75, 3.05) is 18.5 Å². The summed E-state index contributed by atoms with van der Waals surface area (Å²) in [6, 6.07) is 3.18. The zero-order chi connectivity index (χ0) is 22.5. The smallest absolute Gasteiger partial charge is 0.293 e. The summed E-state index contributed by atoms with van der Waals surface area (Å²) in [4.78, 5) is 19.8. The highest BCUT2D eigenvalue weighted by Gasteiger charge is 2.52. The molecule has 0 fully saturated rings. The molecule has 0 aliphatic rings. The van der Waals surface area contributed by atoms with Gasteiger partial charge in [0.1, 0.15) is 18.0 Å². The first kappa shape index (κ1) is 23.6. The van der Waals surface area contributed by atoms with Crippen LogP contribution in [0.1, 0.15) is 29.5 Å². The molecule has 162 valence electrons. The second-order valence-corrected chi connectivity index (χ2v) is 6.99. The van der Waals surface area contributed by atoms with Gasteiger partial charge in [-0.3, -0.25) is 4.79 Å². The zero-order valence-electron chi connectivity index (χ0n) is 16.1. The molecule has 30 heavy (non-hydrogen) atoms. The van der Waals surface area contributed by atoms with E-state index in [1.807, 2.05) is 0 Å². The maximum atomic E-state index is 14.9. The molecule has 11 heteroatoms. The van der Waals surface area contributed by atoms with Gasteiger partial charge in [0.25, 0.3) is 11.8 Å². The van der Waals surface area contributed by atoms with Crippen molar-refractivity contribution in [1.82, 2.24) is 9.97 Å². The van der Waals surface area contributed by atoms with Gasteiger partial charge in [-0.25, -0.2) is 23.1 Å². The first-order valence-electron chi connectivity index (χ1n) is 8.77. The lowest BCUT2D eigenvalue weighted by atomic mass is 9.81. The van der Waals surface area contributed by atoms with E-state index in [4.69, 9.17) is 27.8 Å². The fraction of sp³-hybridized carbons (Fsp3) is 0.316. The zero-order valence-corrected chi connectivity index (χ0v) is 16.8. The second kappa shape index (κ2) is 9.41. The number of ether oxygens (including phenoxy) is 1. The molecule has 1 atom stereocenters. The van der Waals surface area contributed by atoms with E-state index >= 15 is 0 Å². The van der Waals surface area contributed by atoms with Gasteiger partial charge in [0.2, 0.25) is 5.82 Å². The molecule has 2 aromatic rings. The Morgan fingerprint density at radius 3 is 2.53 bits per heavy atom. The van der Waals surface area contributed by atoms with E-state index in [0.717, 1.165) is 12.1 Å². The molecule has 1 aromatic heterocycles. The maximum absolute atomic E-state index is 14.9. The third-order valence-electron chi connectivity index (χ3n) is 4.31. The SMILES string of the molecule is C=C(N)COCC(F)(F)[C@@](N)(CC)c1cc(NC(=O)c2ncc(Cl)cn2)ccc1F. The van der Waals surface area contributed by atoms with Crippen LogP contribution in [0.15, 0.2) is 42.9 Å². The number of carbonyl (C=O) groups is 1. The van der Waals surface area contributed by atoms with Gasteiger partial charge in [-0.05, 0) is 24.6 Å². The molecule has 2 rings (SSSR count). The van der Waals surface area contributed by atoms with Crippen molar-refractivity contribution in [2.45, 2.75) is 24.8 Å². The summed E-state index contributed by atoms with van der Waals surface area (Å²) < 4.78 is 49.1. The minimum Gasteiger partial charge on any atom is -0.401 e. The Labute approximate surface area is 176 Å². The first-order chi connectivity index (χ1) is 14.0. The number of aromatic nitrogens is 2. The van der Waals surface area contributed by atoms with Gasteiger partial charge in [0.05, 0.1) is 11.6 Å². The van der Waals surface area contributed by atoms with Crippen LogP contribution in [0.3, 0.4) is 0 Å². The molecule has 0 aliphatic carbocycles. The molecule has 0 unspecified atom stereocenters. The van der Waals surface area contributed by atoms with Crippen LogP contribution >= 0.6 is 11.6 Å². The number of halogens is 4. The summed E-state index contributed by atoms with van der Waals surface area (Å²) in [5.41, 5.74) is 8.47. The first-order valence-corrected chi connectivity index (χ1v) is 9.14. The van der Waals surface area contributed by atoms with Crippen molar-refractivity contribution in [2.24, 2.45) is 11.5 Å². The van der Waals surface area contributed by atoms with E-state index in [0.29, 0.717) is 0 Å². The van der Waals surface area contributed by atoms with Crippen LogP contribution in [0.5, 0.6) is 0 Å². The Balaban J connectivity index is 2.31. The molecule has 0 saturated carbocycles. The van der Waals surface area contributed by atoms with Crippen LogP contribution in [0, 0.1) is 5.82 Å². The molecular weight excluding hydrogens is 423 g/mol. The number of nitrogens with zero attached hydrogens (tertiary/aromatic N) is 2. The van der Waals surface area contributed by atoms with E-state index in [2.05, 4.69) is 21.9 Å². The van der Waals surface area contributed by atoms with Crippen LogP contribution < -0.4 is 16.8 Å². The maximum Gasteiger partial charge on any atom is 0.293 e. The number of benzene rings is 1. The molecule has 0 radical (unpaired) electrons. The molecule has 0 bridgehead atoms. The van der Waals surface area contributed by atoms with E-state index in [1.54, 1.807) is 0 Å². The predicted octanol–water partition coefficient (Wildman–Crippen LogP) is 3.21. The van der Waals surface area contributed by atoms with E-state index in [-0.39, 0.29) is 35.3 Å². The van der Waals surface area contributed by atoms with Crippen LogP contribution in [0.2, 0.25) is 5.02 Å². The van der Waals surface area contributed by atoms with Crippen LogP contribution in [-0.2, 0) is 10.3 Å². The van der Waals surface area contributed by atoms with Crippen molar-refractivity contribution in [3.05, 3.63) is 65.1 Å². The Kier molecular flexibility index (Phi) is 7.40. The quantitative estimate of drug-likeness (QED) is 0.548. The standard InChI is InChI=1S/C19H21ClF3N5O2/c1-3-18(25,19(22,23)10-30-9-11(2)24)14-6-13(4-5-15(14)21)28-17(29)16-26-7-12(20)8-27-16/h4-8H,2-3,9-10,24-25H2,1H3,(H,28,29)/t18-/m1/s1. The van der Waals surface area contributed by atoms with E-state index < -0.39 is 35.4 Å². The van der Waals surface area contributed by atoms with E-state index in [1.165, 1.54) is 25.4 Å². The van der Waals surface area contributed by atoms with Gasteiger partial charge in [0.15, 0.2) is 0 Å². The normalized spacial score (nSPS) is 13.5. The molecule has 0 aliphatic heterocycles. The molecular formula is C19H21ClF3N5O2. The Morgan fingerprint density at radius 2 is 1.97 bits per heavy atom. The lowest BCUT2D eigenvalue weighted by molar-refractivity contribution is -0.131. The van der Waals surface area contributed by atoms with E-state index in [9.17, 15) is 18.0 Å². The van der Waals surface area contributed by atoms with Gasteiger partial charge < -0.3 is 21.5 Å². The van der Waals surface area contributed by atoms with Crippen LogP contribution in [-0.4, -0.2) is 35.0 Å². The van der Waals surface area contributed by atoms with Gasteiger partial charge in [-0.15, -0.1) is 0 Å². The summed E-state index contributed by atoms with van der Waals surface area (Å²) >= 11 is 5.67. The van der Waals surface area contributed by atoms with Gasteiger partial charge in [0, 0.05) is 29.3 Å². The fourth-order valence-corrected chi connectivity index (χ4v) is 2.74. The summed E-state index contributed by atoms with van der Waals surface area (Å²) in [7, 11) is 0. The number of carbonyl (C=O) groups excluding carboxylic acids is 1. The summed E-state index contributed by atoms with van der Waals surface area (Å²) in [6.07, 6.45) is 2.12. The number of amides is 1. The lowest BCUT2D eigenvalue weighted by Gasteiger charge is -2.37. The second-order valence-electron chi connectivity index (χ2n) is 6.55.